The first kappa shape index (κ1) is 29.3. The first-order valence-corrected chi connectivity index (χ1v) is 13.1. The molecule has 0 spiro atoms. The minimum Gasteiger partial charge on any atom is -0.459 e. The Morgan fingerprint density at radius 3 is 2.30 bits per heavy atom. The minimum atomic E-state index is -4.49. The van der Waals surface area contributed by atoms with Gasteiger partial charge in [-0.1, -0.05) is 71.9 Å². The number of esters is 1. The van der Waals surface area contributed by atoms with Crippen LogP contribution in [0.4, 0.5) is 13.2 Å². The lowest BCUT2D eigenvalue weighted by Gasteiger charge is -2.37. The fourth-order valence-corrected chi connectivity index (χ4v) is 4.69. The van der Waals surface area contributed by atoms with Crippen LogP contribution < -0.4 is 0 Å². The fourth-order valence-electron chi connectivity index (χ4n) is 4.69. The zero-order chi connectivity index (χ0) is 29.3. The third-order valence-electron chi connectivity index (χ3n) is 7.11. The molecule has 3 aromatic rings. The molecular formula is C31H34F3N3O3. The van der Waals surface area contributed by atoms with Crippen LogP contribution in [0.2, 0.25) is 0 Å². The van der Waals surface area contributed by atoms with E-state index in [1.807, 2.05) is 63.9 Å². The topological polar surface area (TPSA) is 68.5 Å². The van der Waals surface area contributed by atoms with E-state index in [0.717, 1.165) is 5.56 Å². The van der Waals surface area contributed by atoms with Crippen LogP contribution in [-0.2, 0) is 9.53 Å². The Morgan fingerprint density at radius 1 is 1.05 bits per heavy atom. The fraction of sp³-hybridized carbons (Fsp3) is 0.387. The zero-order valence-electron chi connectivity index (χ0n) is 23.5. The molecule has 0 saturated carbocycles. The quantitative estimate of drug-likeness (QED) is 0.282. The summed E-state index contributed by atoms with van der Waals surface area (Å²) in [5.74, 6) is 0.0364. The van der Waals surface area contributed by atoms with Crippen molar-refractivity contribution >= 4 is 17.1 Å². The molecule has 4 rings (SSSR count). The van der Waals surface area contributed by atoms with E-state index in [2.05, 4.69) is 10.1 Å². The van der Waals surface area contributed by atoms with Crippen LogP contribution in [0.5, 0.6) is 0 Å². The van der Waals surface area contributed by atoms with Crippen molar-refractivity contribution < 1.29 is 27.2 Å². The number of nitrogens with zero attached hydrogens (tertiary/aromatic N) is 3. The molecule has 0 radical (unpaired) electrons. The smallest absolute Gasteiger partial charge is 0.398 e. The number of ether oxygens (including phenoxy) is 1. The molecule has 0 amide bonds. The molecule has 1 heterocycles. The Balaban J connectivity index is 1.52. The second-order valence-corrected chi connectivity index (χ2v) is 11.4. The lowest BCUT2D eigenvalue weighted by atomic mass is 9.70. The van der Waals surface area contributed by atoms with Crippen molar-refractivity contribution in [1.82, 2.24) is 15.0 Å². The molecule has 1 aromatic heterocycles. The number of hydrogen-bond donors (Lipinski definition) is 0. The van der Waals surface area contributed by atoms with Crippen LogP contribution >= 0.6 is 0 Å². The number of aromatic nitrogens is 2. The molecule has 2 aromatic carbocycles. The number of likely N-dealkylation sites (N-methyl/N-ethyl adjacent to an activating group) is 1. The Hall–Kier alpha value is -3.72. The van der Waals surface area contributed by atoms with Gasteiger partial charge in [-0.25, -0.2) is 0 Å². The van der Waals surface area contributed by atoms with Crippen molar-refractivity contribution in [3.8, 4) is 11.4 Å². The number of rotatable bonds is 7. The van der Waals surface area contributed by atoms with Gasteiger partial charge in [-0.05, 0) is 64.8 Å². The Morgan fingerprint density at radius 2 is 1.70 bits per heavy atom. The van der Waals surface area contributed by atoms with Gasteiger partial charge in [0, 0.05) is 17.2 Å². The Bertz CT molecular complexity index is 1400. The molecule has 2 atom stereocenters. The number of alkyl halides is 3. The van der Waals surface area contributed by atoms with E-state index < -0.39 is 17.2 Å². The number of carbonyl (C=O) groups is 1. The van der Waals surface area contributed by atoms with Crippen molar-refractivity contribution in [3.63, 3.8) is 0 Å². The van der Waals surface area contributed by atoms with Gasteiger partial charge < -0.3 is 9.26 Å². The first-order valence-electron chi connectivity index (χ1n) is 13.1. The Kier molecular flexibility index (Phi) is 8.08. The SMILES string of the molecule is CC(c1ccc(-c2noc(C3=CC=C(c4ccccc4)C(C)(C(F)(F)F)C3)n2)cc1)N(C)CC(=O)OC(C)(C)C. The predicted molar refractivity (Wildman–Crippen MR) is 148 cm³/mol. The summed E-state index contributed by atoms with van der Waals surface area (Å²) in [4.78, 5) is 18.5. The third-order valence-corrected chi connectivity index (χ3v) is 7.11. The largest absolute Gasteiger partial charge is 0.459 e. The first-order chi connectivity index (χ1) is 18.7. The molecule has 2 unspecified atom stereocenters. The van der Waals surface area contributed by atoms with Crippen molar-refractivity contribution in [2.24, 2.45) is 5.41 Å². The number of benzene rings is 2. The van der Waals surface area contributed by atoms with E-state index in [1.165, 1.54) is 13.0 Å². The molecule has 1 aliphatic rings. The lowest BCUT2D eigenvalue weighted by Crippen LogP contribution is -2.37. The van der Waals surface area contributed by atoms with Crippen LogP contribution in [0.3, 0.4) is 0 Å². The van der Waals surface area contributed by atoms with Crippen molar-refractivity contribution in [2.45, 2.75) is 58.9 Å². The Labute approximate surface area is 232 Å². The van der Waals surface area contributed by atoms with Crippen LogP contribution in [0.1, 0.15) is 64.1 Å². The van der Waals surface area contributed by atoms with Gasteiger partial charge >= 0.3 is 12.1 Å². The van der Waals surface area contributed by atoms with Crippen LogP contribution in [0.25, 0.3) is 22.5 Å². The molecular weight excluding hydrogens is 519 g/mol. The van der Waals surface area contributed by atoms with Crippen LogP contribution in [-0.4, -0.2) is 46.4 Å². The van der Waals surface area contributed by atoms with E-state index in [9.17, 15) is 18.0 Å². The van der Waals surface area contributed by atoms with E-state index in [4.69, 9.17) is 9.26 Å². The van der Waals surface area contributed by atoms with Crippen molar-refractivity contribution in [2.75, 3.05) is 13.6 Å². The molecule has 0 aliphatic heterocycles. The molecule has 40 heavy (non-hydrogen) atoms. The van der Waals surface area contributed by atoms with Gasteiger partial charge in [-0.3, -0.25) is 9.69 Å². The number of allylic oxidation sites excluding steroid dienone is 4. The maximum absolute atomic E-state index is 14.4. The summed E-state index contributed by atoms with van der Waals surface area (Å²) in [5, 5.41) is 4.03. The molecule has 212 valence electrons. The molecule has 9 heteroatoms. The summed E-state index contributed by atoms with van der Waals surface area (Å²) in [6.45, 7) is 8.81. The molecule has 0 bridgehead atoms. The number of halogens is 3. The number of carbonyl (C=O) groups excluding carboxylic acids is 1. The van der Waals surface area contributed by atoms with Gasteiger partial charge in [-0.2, -0.15) is 18.2 Å². The van der Waals surface area contributed by atoms with E-state index >= 15 is 0 Å². The number of hydrogen-bond acceptors (Lipinski definition) is 6. The van der Waals surface area contributed by atoms with Crippen molar-refractivity contribution in [3.05, 3.63) is 83.8 Å². The molecule has 0 saturated heterocycles. The highest BCUT2D eigenvalue weighted by Gasteiger charge is 2.55. The van der Waals surface area contributed by atoms with Gasteiger partial charge in [0.15, 0.2) is 0 Å². The molecule has 0 fully saturated rings. The van der Waals surface area contributed by atoms with Crippen molar-refractivity contribution in [1.29, 1.82) is 0 Å². The second-order valence-electron chi connectivity index (χ2n) is 11.4. The average molecular weight is 554 g/mol. The average Bonchev–Trinajstić information content (AvgIpc) is 3.37. The van der Waals surface area contributed by atoms with E-state index in [0.29, 0.717) is 16.7 Å². The molecule has 1 aliphatic carbocycles. The predicted octanol–water partition coefficient (Wildman–Crippen LogP) is 7.51. The van der Waals surface area contributed by atoms with E-state index in [-0.39, 0.29) is 42.3 Å². The standard InChI is InChI=1S/C31H34F3N3O3/c1-20(37(6)19-26(38)39-29(2,3)4)21-12-14-23(15-13-21)27-35-28(40-36-27)24-16-17-25(22-10-8-7-9-11-22)30(5,18-24)31(32,33)34/h7-17,20H,18-19H2,1-6H3. The van der Waals surface area contributed by atoms with Gasteiger partial charge in [-0.15, -0.1) is 0 Å². The van der Waals surface area contributed by atoms with Gasteiger partial charge in [0.25, 0.3) is 5.89 Å². The summed E-state index contributed by atoms with van der Waals surface area (Å²) >= 11 is 0. The summed E-state index contributed by atoms with van der Waals surface area (Å²) in [6.07, 6.45) is -1.69. The maximum atomic E-state index is 14.4. The van der Waals surface area contributed by atoms with Gasteiger partial charge in [0.1, 0.15) is 5.60 Å². The normalized spacial score (nSPS) is 18.8. The highest BCUT2D eigenvalue weighted by Crippen LogP contribution is 2.54. The zero-order valence-corrected chi connectivity index (χ0v) is 23.5. The third kappa shape index (κ3) is 6.36. The maximum Gasteiger partial charge on any atom is 0.398 e. The summed E-state index contributed by atoms with van der Waals surface area (Å²) in [7, 11) is 1.85. The van der Waals surface area contributed by atoms with Gasteiger partial charge in [0.05, 0.1) is 12.0 Å². The highest BCUT2D eigenvalue weighted by molar-refractivity contribution is 5.80. The summed E-state index contributed by atoms with van der Waals surface area (Å²) < 4.78 is 53.9. The highest BCUT2D eigenvalue weighted by atomic mass is 19.4. The van der Waals surface area contributed by atoms with Crippen LogP contribution in [0, 0.1) is 5.41 Å². The summed E-state index contributed by atoms with van der Waals surface area (Å²) in [6, 6.07) is 16.0. The summed E-state index contributed by atoms with van der Waals surface area (Å²) in [5.41, 5.74) is 0.0130. The minimum absolute atomic E-state index is 0.0587. The molecule has 0 N–H and O–H groups in total. The van der Waals surface area contributed by atoms with Gasteiger partial charge in [0.2, 0.25) is 5.82 Å². The second kappa shape index (κ2) is 11.0. The lowest BCUT2D eigenvalue weighted by molar-refractivity contribution is -0.194. The molecule has 6 nitrogen and oxygen atoms in total. The van der Waals surface area contributed by atoms with Crippen LogP contribution in [0.15, 0.2) is 71.3 Å². The monoisotopic (exact) mass is 553 g/mol. The van der Waals surface area contributed by atoms with E-state index in [1.54, 1.807) is 36.4 Å².